The van der Waals surface area contributed by atoms with E-state index in [0.29, 0.717) is 10.8 Å². The Kier molecular flexibility index (Phi) is 4.17. The molecular weight excluding hydrogens is 332 g/mol. The van der Waals surface area contributed by atoms with Gasteiger partial charge in [0.2, 0.25) is 0 Å². The number of fused-ring (bicyclic) bond motifs is 1. The Morgan fingerprint density at radius 1 is 1.08 bits per heavy atom. The molecule has 0 bridgehead atoms. The Balaban J connectivity index is 1.72. The highest BCUT2D eigenvalue weighted by Crippen LogP contribution is 2.32. The lowest BCUT2D eigenvalue weighted by Gasteiger charge is -2.09. The summed E-state index contributed by atoms with van der Waals surface area (Å²) in [5.41, 5.74) is 3.47. The van der Waals surface area contributed by atoms with Gasteiger partial charge in [-0.2, -0.15) is 0 Å². The Morgan fingerprint density at radius 3 is 2.80 bits per heavy atom. The number of aliphatic hydroxyl groups is 1. The van der Waals surface area contributed by atoms with Crippen LogP contribution in [0.3, 0.4) is 0 Å². The Labute approximate surface area is 149 Å². The second-order valence-electron chi connectivity index (χ2n) is 5.63. The second kappa shape index (κ2) is 6.63. The first-order valence-corrected chi connectivity index (χ1v) is 8.76. The molecule has 1 atom stereocenters. The fraction of sp³-hybridized carbons (Fsp3) is 0.100. The van der Waals surface area contributed by atoms with E-state index in [0.717, 1.165) is 27.7 Å². The highest BCUT2D eigenvalue weighted by Gasteiger charge is 2.17. The molecule has 1 N–H and O–H groups in total. The number of methoxy groups -OCH3 is 1. The summed E-state index contributed by atoms with van der Waals surface area (Å²) in [6.45, 7) is 0. The topological polar surface area (TPSA) is 55.2 Å². The average molecular weight is 348 g/mol. The molecule has 0 spiro atoms. The second-order valence-corrected chi connectivity index (χ2v) is 6.52. The van der Waals surface area contributed by atoms with Gasteiger partial charge >= 0.3 is 0 Å². The molecule has 124 valence electrons. The number of aliphatic hydroxyl groups excluding tert-OH is 1. The van der Waals surface area contributed by atoms with Crippen LogP contribution in [0.5, 0.6) is 5.75 Å². The van der Waals surface area contributed by atoms with E-state index in [-0.39, 0.29) is 0 Å². The first-order chi connectivity index (χ1) is 12.3. The Morgan fingerprint density at radius 2 is 1.92 bits per heavy atom. The predicted molar refractivity (Wildman–Crippen MR) is 99.9 cm³/mol. The molecule has 0 radical (unpaired) electrons. The van der Waals surface area contributed by atoms with E-state index in [4.69, 9.17) is 4.74 Å². The molecule has 0 aliphatic rings. The van der Waals surface area contributed by atoms with Gasteiger partial charge < -0.3 is 9.84 Å². The molecule has 2 heterocycles. The minimum Gasteiger partial charge on any atom is -0.497 e. The summed E-state index contributed by atoms with van der Waals surface area (Å²) >= 11 is 1.44. The van der Waals surface area contributed by atoms with Crippen LogP contribution in [0.1, 0.15) is 16.7 Å². The minimum atomic E-state index is -0.781. The molecule has 2 aromatic carbocycles. The Bertz CT molecular complexity index is 1020. The zero-order chi connectivity index (χ0) is 17.2. The van der Waals surface area contributed by atoms with Crippen molar-refractivity contribution in [2.24, 2.45) is 0 Å². The van der Waals surface area contributed by atoms with Gasteiger partial charge in [-0.1, -0.05) is 36.4 Å². The maximum atomic E-state index is 10.7. The average Bonchev–Trinajstić information content (AvgIpc) is 3.17. The maximum Gasteiger partial charge on any atom is 0.131 e. The van der Waals surface area contributed by atoms with Crippen LogP contribution in [0.2, 0.25) is 0 Å². The quantitative estimate of drug-likeness (QED) is 0.592. The molecular formula is C20H16N2O2S. The van der Waals surface area contributed by atoms with E-state index in [1.54, 1.807) is 13.3 Å². The van der Waals surface area contributed by atoms with Gasteiger partial charge in [-0.15, -0.1) is 11.3 Å². The third kappa shape index (κ3) is 2.99. The number of para-hydroxylation sites is 1. The van der Waals surface area contributed by atoms with Crippen molar-refractivity contribution in [3.05, 3.63) is 76.7 Å². The van der Waals surface area contributed by atoms with Gasteiger partial charge in [-0.3, -0.25) is 4.98 Å². The third-order valence-corrected chi connectivity index (χ3v) is 4.97. The molecule has 0 saturated carbocycles. The van der Waals surface area contributed by atoms with E-state index >= 15 is 0 Å². The van der Waals surface area contributed by atoms with Gasteiger partial charge in [0.05, 0.1) is 18.3 Å². The molecule has 0 aliphatic carbocycles. The van der Waals surface area contributed by atoms with Crippen molar-refractivity contribution in [2.45, 2.75) is 6.10 Å². The predicted octanol–water partition coefficient (Wildman–Crippen LogP) is 4.45. The molecule has 0 amide bonds. The largest absolute Gasteiger partial charge is 0.497 e. The lowest BCUT2D eigenvalue weighted by atomic mass is 10.1. The number of nitrogens with zero attached hydrogens (tertiary/aromatic N) is 2. The van der Waals surface area contributed by atoms with E-state index in [2.05, 4.69) is 9.97 Å². The summed E-state index contributed by atoms with van der Waals surface area (Å²) in [4.78, 5) is 9.13. The summed E-state index contributed by atoms with van der Waals surface area (Å²) in [5, 5.41) is 14.3. The fourth-order valence-electron chi connectivity index (χ4n) is 2.80. The van der Waals surface area contributed by atoms with Crippen LogP contribution in [0.15, 0.2) is 66.2 Å². The first-order valence-electron chi connectivity index (χ1n) is 7.88. The van der Waals surface area contributed by atoms with Crippen molar-refractivity contribution in [1.29, 1.82) is 0 Å². The normalized spacial score (nSPS) is 12.2. The smallest absolute Gasteiger partial charge is 0.131 e. The van der Waals surface area contributed by atoms with Gasteiger partial charge in [-0.25, -0.2) is 4.98 Å². The summed E-state index contributed by atoms with van der Waals surface area (Å²) in [7, 11) is 1.61. The van der Waals surface area contributed by atoms with Gasteiger partial charge in [0.1, 0.15) is 16.9 Å². The van der Waals surface area contributed by atoms with E-state index in [1.807, 2.05) is 60.0 Å². The highest BCUT2D eigenvalue weighted by molar-refractivity contribution is 7.10. The Hall–Kier alpha value is -2.76. The zero-order valence-electron chi connectivity index (χ0n) is 13.6. The lowest BCUT2D eigenvalue weighted by molar-refractivity contribution is 0.219. The molecule has 0 saturated heterocycles. The van der Waals surface area contributed by atoms with Gasteiger partial charge in [0.15, 0.2) is 0 Å². The van der Waals surface area contributed by atoms with E-state index < -0.39 is 6.10 Å². The van der Waals surface area contributed by atoms with Crippen LogP contribution in [0, 0.1) is 0 Å². The molecule has 25 heavy (non-hydrogen) atoms. The molecule has 4 nitrogen and oxygen atoms in total. The molecule has 0 fully saturated rings. The highest BCUT2D eigenvalue weighted by atomic mass is 32.1. The van der Waals surface area contributed by atoms with Crippen molar-refractivity contribution in [2.75, 3.05) is 7.11 Å². The lowest BCUT2D eigenvalue weighted by Crippen LogP contribution is -1.99. The summed E-state index contributed by atoms with van der Waals surface area (Å²) in [6.07, 6.45) is 1.00. The zero-order valence-corrected chi connectivity index (χ0v) is 14.4. The minimum absolute atomic E-state index is 0.649. The van der Waals surface area contributed by atoms with E-state index in [9.17, 15) is 5.11 Å². The number of thiazole rings is 1. The van der Waals surface area contributed by atoms with Crippen molar-refractivity contribution < 1.29 is 9.84 Å². The summed E-state index contributed by atoms with van der Waals surface area (Å²) < 4.78 is 5.23. The monoisotopic (exact) mass is 348 g/mol. The van der Waals surface area contributed by atoms with Crippen molar-refractivity contribution >= 4 is 22.2 Å². The molecule has 2 aromatic heterocycles. The van der Waals surface area contributed by atoms with Gasteiger partial charge in [-0.05, 0) is 23.8 Å². The van der Waals surface area contributed by atoms with Crippen LogP contribution in [0.25, 0.3) is 22.2 Å². The molecule has 5 heteroatoms. The number of benzene rings is 2. The van der Waals surface area contributed by atoms with Crippen LogP contribution >= 0.6 is 11.3 Å². The van der Waals surface area contributed by atoms with Crippen LogP contribution in [-0.4, -0.2) is 22.2 Å². The van der Waals surface area contributed by atoms with Crippen molar-refractivity contribution in [1.82, 2.24) is 9.97 Å². The van der Waals surface area contributed by atoms with Gasteiger partial charge in [0.25, 0.3) is 0 Å². The van der Waals surface area contributed by atoms with E-state index in [1.165, 1.54) is 11.3 Å². The number of aromatic nitrogens is 2. The number of pyridine rings is 1. The van der Waals surface area contributed by atoms with Crippen molar-refractivity contribution in [3.8, 4) is 17.0 Å². The number of hydrogen-bond donors (Lipinski definition) is 1. The summed E-state index contributed by atoms with van der Waals surface area (Å²) in [6, 6.07) is 17.4. The standard InChI is InChI=1S/C20H16N2O2S/c1-24-15-8-2-6-14(11-15)19(23)20-22-17(12-25-20)16-9-3-5-13-7-4-10-21-18(13)16/h2-12,19,23H,1H3. The number of rotatable bonds is 4. The fourth-order valence-corrected chi connectivity index (χ4v) is 3.63. The van der Waals surface area contributed by atoms with Crippen LogP contribution in [0.4, 0.5) is 0 Å². The molecule has 0 aliphatic heterocycles. The first kappa shape index (κ1) is 15.7. The SMILES string of the molecule is COc1cccc(C(O)c2nc(-c3cccc4cccnc34)cs2)c1. The maximum absolute atomic E-state index is 10.7. The van der Waals surface area contributed by atoms with Crippen LogP contribution < -0.4 is 4.74 Å². The van der Waals surface area contributed by atoms with Crippen molar-refractivity contribution in [3.63, 3.8) is 0 Å². The number of hydrogen-bond acceptors (Lipinski definition) is 5. The van der Waals surface area contributed by atoms with Gasteiger partial charge in [0, 0.05) is 22.5 Å². The van der Waals surface area contributed by atoms with Crippen LogP contribution in [-0.2, 0) is 0 Å². The summed E-state index contributed by atoms with van der Waals surface area (Å²) in [5.74, 6) is 0.714. The molecule has 4 rings (SSSR count). The molecule has 1 unspecified atom stereocenters. The molecule has 4 aromatic rings. The number of ether oxygens (including phenoxy) is 1. The third-order valence-electron chi connectivity index (χ3n) is 4.07.